The molecule has 0 heterocycles. The van der Waals surface area contributed by atoms with Crippen molar-refractivity contribution in [1.82, 2.24) is 0 Å². The van der Waals surface area contributed by atoms with Gasteiger partial charge in [-0.05, 0) is 110 Å². The first-order chi connectivity index (χ1) is 20.9. The molecule has 1 aromatic rings. The van der Waals surface area contributed by atoms with Gasteiger partial charge in [-0.1, -0.05) is 52.2 Å². The van der Waals surface area contributed by atoms with Gasteiger partial charge in [0.15, 0.2) is 0 Å². The van der Waals surface area contributed by atoms with E-state index >= 15 is 0 Å². The van der Waals surface area contributed by atoms with Gasteiger partial charge >= 0.3 is 11.9 Å². The van der Waals surface area contributed by atoms with Crippen LogP contribution in [0.3, 0.4) is 0 Å². The minimum absolute atomic E-state index is 0.163. The maximum atomic E-state index is 11.6. The number of aryl methyl sites for hydroxylation is 1. The number of hydrogen-bond donors (Lipinski definition) is 0. The molecule has 5 rings (SSSR count). The van der Waals surface area contributed by atoms with Crippen LogP contribution in [0, 0.1) is 35.5 Å². The Bertz CT molecular complexity index is 1110. The molecule has 0 radical (unpaired) electrons. The Kier molecular flexibility index (Phi) is 11.3. The number of rotatable bonds is 14. The number of esters is 2. The van der Waals surface area contributed by atoms with Crippen LogP contribution in [-0.4, -0.2) is 38.4 Å². The molecule has 4 aliphatic carbocycles. The summed E-state index contributed by atoms with van der Waals surface area (Å²) in [5.74, 6) is 5.93. The maximum Gasteiger partial charge on any atom is 0.330 e. The zero-order chi connectivity index (χ0) is 30.2. The smallest absolute Gasteiger partial charge is 0.330 e. The molecule has 5 atom stereocenters. The molecule has 4 saturated carbocycles. The number of fused-ring (bicyclic) bond motifs is 4. The van der Waals surface area contributed by atoms with Crippen LogP contribution in [0.1, 0.15) is 101 Å². The summed E-state index contributed by atoms with van der Waals surface area (Å²) in [6.07, 6.45) is 19.3. The number of carbonyl (C=O) groups excluding carboxylic acids is 2. The van der Waals surface area contributed by atoms with Crippen LogP contribution in [-0.2, 0) is 25.5 Å². The average Bonchev–Trinajstić information content (AvgIpc) is 3.01. The first kappa shape index (κ1) is 31.7. The van der Waals surface area contributed by atoms with Crippen LogP contribution >= 0.6 is 0 Å². The lowest BCUT2D eigenvalue weighted by atomic mass is 9.59. The van der Waals surface area contributed by atoms with Gasteiger partial charge in [-0.3, -0.25) is 0 Å². The number of hydrogen-bond acceptors (Lipinski definition) is 6. The van der Waals surface area contributed by atoms with Crippen molar-refractivity contribution in [3.05, 3.63) is 48.6 Å². The molecule has 236 valence electrons. The molecule has 0 spiro atoms. The molecule has 4 fully saturated rings. The van der Waals surface area contributed by atoms with Crippen LogP contribution in [0.2, 0.25) is 0 Å². The SMILES string of the molecule is C=CC(=O)OCCOc1cc(OCCOC(=O)C=C)c(C2C3CCCC2CC(C)C3)cc1CCC1CCC2CCCC1C2. The third-order valence-corrected chi connectivity index (χ3v) is 10.9. The first-order valence-corrected chi connectivity index (χ1v) is 17.0. The Hall–Kier alpha value is -2.76. The van der Waals surface area contributed by atoms with E-state index in [0.717, 1.165) is 41.6 Å². The van der Waals surface area contributed by atoms with Crippen LogP contribution < -0.4 is 9.47 Å². The predicted molar refractivity (Wildman–Crippen MR) is 168 cm³/mol. The Balaban J connectivity index is 1.41. The van der Waals surface area contributed by atoms with E-state index < -0.39 is 11.9 Å². The molecule has 5 unspecified atom stereocenters. The van der Waals surface area contributed by atoms with Crippen molar-refractivity contribution in [2.45, 2.75) is 96.3 Å². The highest BCUT2D eigenvalue weighted by Crippen LogP contribution is 2.54. The lowest BCUT2D eigenvalue weighted by molar-refractivity contribution is -0.139. The molecular formula is C37H52O6. The zero-order valence-corrected chi connectivity index (χ0v) is 26.2. The summed E-state index contributed by atoms with van der Waals surface area (Å²) in [4.78, 5) is 23.2. The molecule has 1 aromatic carbocycles. The van der Waals surface area contributed by atoms with Gasteiger partial charge in [0.2, 0.25) is 0 Å². The Morgan fingerprint density at radius 2 is 1.40 bits per heavy atom. The highest BCUT2D eigenvalue weighted by molar-refractivity contribution is 5.81. The number of ether oxygens (including phenoxy) is 4. The largest absolute Gasteiger partial charge is 0.490 e. The molecule has 43 heavy (non-hydrogen) atoms. The molecule has 0 aliphatic heterocycles. The zero-order valence-electron chi connectivity index (χ0n) is 26.2. The summed E-state index contributed by atoms with van der Waals surface area (Å²) in [6.45, 7) is 10.2. The third kappa shape index (κ3) is 8.25. The van der Waals surface area contributed by atoms with Crippen LogP contribution in [0.15, 0.2) is 37.4 Å². The second-order valence-electron chi connectivity index (χ2n) is 13.7. The predicted octanol–water partition coefficient (Wildman–Crippen LogP) is 7.98. The van der Waals surface area contributed by atoms with Crippen molar-refractivity contribution in [3.8, 4) is 11.5 Å². The van der Waals surface area contributed by atoms with E-state index in [1.165, 1.54) is 100 Å². The number of carbonyl (C=O) groups is 2. The van der Waals surface area contributed by atoms with Crippen molar-refractivity contribution in [3.63, 3.8) is 0 Å². The molecule has 0 N–H and O–H groups in total. The summed E-state index contributed by atoms with van der Waals surface area (Å²) < 4.78 is 23.1. The van der Waals surface area contributed by atoms with Crippen molar-refractivity contribution < 1.29 is 28.5 Å². The summed E-state index contributed by atoms with van der Waals surface area (Å²) in [5, 5.41) is 0. The minimum Gasteiger partial charge on any atom is -0.490 e. The van der Waals surface area contributed by atoms with Crippen LogP contribution in [0.4, 0.5) is 0 Å². The molecule has 0 amide bonds. The van der Waals surface area contributed by atoms with E-state index in [0.29, 0.717) is 17.8 Å². The molecule has 6 nitrogen and oxygen atoms in total. The minimum atomic E-state index is -0.446. The molecular weight excluding hydrogens is 540 g/mol. The van der Waals surface area contributed by atoms with Gasteiger partial charge in [-0.2, -0.15) is 0 Å². The van der Waals surface area contributed by atoms with Gasteiger partial charge in [-0.15, -0.1) is 0 Å². The Morgan fingerprint density at radius 1 is 0.767 bits per heavy atom. The topological polar surface area (TPSA) is 71.1 Å². The van der Waals surface area contributed by atoms with E-state index in [1.807, 2.05) is 0 Å². The molecule has 0 aromatic heterocycles. The van der Waals surface area contributed by atoms with E-state index in [1.54, 1.807) is 0 Å². The fourth-order valence-electron chi connectivity index (χ4n) is 9.03. The summed E-state index contributed by atoms with van der Waals surface area (Å²) in [5.41, 5.74) is 2.54. The van der Waals surface area contributed by atoms with Gasteiger partial charge in [-0.25, -0.2) is 9.59 Å². The molecule has 4 bridgehead atoms. The fraction of sp³-hybridized carbons (Fsp3) is 0.676. The summed E-state index contributed by atoms with van der Waals surface area (Å²) in [7, 11) is 0. The number of benzene rings is 1. The van der Waals surface area contributed by atoms with Crippen molar-refractivity contribution in [2.24, 2.45) is 35.5 Å². The third-order valence-electron chi connectivity index (χ3n) is 10.9. The van der Waals surface area contributed by atoms with E-state index in [-0.39, 0.29) is 26.4 Å². The summed E-state index contributed by atoms with van der Waals surface area (Å²) in [6, 6.07) is 4.47. The van der Waals surface area contributed by atoms with Gasteiger partial charge in [0.1, 0.15) is 37.9 Å². The summed E-state index contributed by atoms with van der Waals surface area (Å²) >= 11 is 0. The quantitative estimate of drug-likeness (QED) is 0.124. The van der Waals surface area contributed by atoms with Crippen molar-refractivity contribution in [1.29, 1.82) is 0 Å². The second kappa shape index (κ2) is 15.3. The highest BCUT2D eigenvalue weighted by Gasteiger charge is 2.41. The van der Waals surface area contributed by atoms with E-state index in [2.05, 4.69) is 32.2 Å². The Labute approximate surface area is 258 Å². The standard InChI is InChI=1S/C37H52O6/c1-4-35(38)42-18-16-40-33-24-34(41-17-19-43-36(39)5-2)32(37-30-10-7-11-31(37)21-25(3)20-30)23-29(33)15-14-27-13-12-26-8-6-9-28(27)22-26/h4-5,23-28,30-31,37H,1-2,6-22H2,3H3. The highest BCUT2D eigenvalue weighted by atomic mass is 16.6. The first-order valence-electron chi connectivity index (χ1n) is 17.0. The maximum absolute atomic E-state index is 11.6. The van der Waals surface area contributed by atoms with Crippen molar-refractivity contribution in [2.75, 3.05) is 26.4 Å². The fourth-order valence-corrected chi connectivity index (χ4v) is 9.03. The average molecular weight is 593 g/mol. The molecule has 4 aliphatic rings. The lowest BCUT2D eigenvalue weighted by Crippen LogP contribution is -2.34. The second-order valence-corrected chi connectivity index (χ2v) is 13.7. The monoisotopic (exact) mass is 592 g/mol. The Morgan fingerprint density at radius 3 is 2.07 bits per heavy atom. The van der Waals surface area contributed by atoms with Gasteiger partial charge in [0, 0.05) is 18.2 Å². The molecule has 6 heteroatoms. The lowest BCUT2D eigenvalue weighted by Gasteiger charge is -2.46. The van der Waals surface area contributed by atoms with Gasteiger partial charge < -0.3 is 18.9 Å². The van der Waals surface area contributed by atoms with E-state index in [9.17, 15) is 9.59 Å². The normalized spacial score (nSPS) is 29.7. The van der Waals surface area contributed by atoms with Crippen LogP contribution in [0.25, 0.3) is 0 Å². The molecule has 0 saturated heterocycles. The van der Waals surface area contributed by atoms with Crippen LogP contribution in [0.5, 0.6) is 11.5 Å². The van der Waals surface area contributed by atoms with E-state index in [4.69, 9.17) is 18.9 Å². The van der Waals surface area contributed by atoms with Gasteiger partial charge in [0.25, 0.3) is 0 Å². The van der Waals surface area contributed by atoms with Crippen molar-refractivity contribution >= 4 is 11.9 Å². The van der Waals surface area contributed by atoms with Gasteiger partial charge in [0.05, 0.1) is 0 Å².